The average Bonchev–Trinajstić information content (AvgIpc) is 3.08. The molecule has 0 spiro atoms. The minimum absolute atomic E-state index is 0.146. The van der Waals surface area contributed by atoms with E-state index in [0.717, 1.165) is 5.56 Å². The van der Waals surface area contributed by atoms with Crippen molar-refractivity contribution in [2.75, 3.05) is 10.2 Å². The van der Waals surface area contributed by atoms with Gasteiger partial charge < -0.3 is 15.5 Å². The van der Waals surface area contributed by atoms with E-state index in [9.17, 15) is 14.2 Å². The normalized spacial score (nSPS) is 16.7. The molecule has 3 aromatic rings. The van der Waals surface area contributed by atoms with E-state index >= 15 is 0 Å². The first-order valence-electron chi connectivity index (χ1n) is 9.13. The van der Waals surface area contributed by atoms with Crippen molar-refractivity contribution in [3.8, 4) is 0 Å². The smallest absolute Gasteiger partial charge is 0.334 e. The van der Waals surface area contributed by atoms with E-state index in [4.69, 9.17) is 11.6 Å². The van der Waals surface area contributed by atoms with Crippen LogP contribution in [-0.2, 0) is 11.1 Å². The number of benzene rings is 3. The van der Waals surface area contributed by atoms with Gasteiger partial charge in [-0.1, -0.05) is 60.1 Å². The molecule has 30 heavy (non-hydrogen) atoms. The van der Waals surface area contributed by atoms with E-state index in [1.165, 1.54) is 0 Å². The SMILES string of the molecule is O=C(NCc1ccccc1Cl)NP1(=O)Nc2ccc(C(=O)c3ccccc3)cc2N1. The minimum atomic E-state index is -3.47. The van der Waals surface area contributed by atoms with Gasteiger partial charge in [-0.3, -0.25) is 14.4 Å². The molecule has 1 aliphatic rings. The number of carbonyl (C=O) groups excluding carboxylic acids is 2. The zero-order valence-electron chi connectivity index (χ0n) is 15.7. The molecule has 2 amide bonds. The molecule has 0 fully saturated rings. The van der Waals surface area contributed by atoms with Crippen LogP contribution in [0.15, 0.2) is 72.8 Å². The van der Waals surface area contributed by atoms with E-state index in [1.807, 2.05) is 12.1 Å². The molecule has 1 heterocycles. The zero-order chi connectivity index (χ0) is 21.1. The highest BCUT2D eigenvalue weighted by atomic mass is 35.5. The lowest BCUT2D eigenvalue weighted by Gasteiger charge is -2.15. The topological polar surface area (TPSA) is 99.3 Å². The van der Waals surface area contributed by atoms with Crippen molar-refractivity contribution in [1.29, 1.82) is 0 Å². The predicted molar refractivity (Wildman–Crippen MR) is 118 cm³/mol. The summed E-state index contributed by atoms with van der Waals surface area (Å²) in [5.74, 6) is -0.146. The van der Waals surface area contributed by atoms with Crippen molar-refractivity contribution < 1.29 is 14.2 Å². The molecule has 1 atom stereocenters. The van der Waals surface area contributed by atoms with Crippen LogP contribution in [0, 0.1) is 0 Å². The van der Waals surface area contributed by atoms with Crippen LogP contribution in [0.3, 0.4) is 0 Å². The quantitative estimate of drug-likeness (QED) is 0.330. The molecule has 0 saturated carbocycles. The molecular weight excluding hydrogens is 423 g/mol. The summed E-state index contributed by atoms with van der Waals surface area (Å²) < 4.78 is 13.0. The van der Waals surface area contributed by atoms with Gasteiger partial charge in [0.05, 0.1) is 11.4 Å². The zero-order valence-corrected chi connectivity index (χ0v) is 17.3. The lowest BCUT2D eigenvalue weighted by atomic mass is 10.0. The Morgan fingerprint density at radius 3 is 2.33 bits per heavy atom. The molecule has 4 rings (SSSR count). The Morgan fingerprint density at radius 2 is 1.57 bits per heavy atom. The highest BCUT2D eigenvalue weighted by Gasteiger charge is 2.32. The fourth-order valence-electron chi connectivity index (χ4n) is 3.05. The van der Waals surface area contributed by atoms with Crippen LogP contribution >= 0.6 is 19.2 Å². The molecule has 3 aromatic carbocycles. The standard InChI is InChI=1S/C21H18ClN4O3P/c22-17-9-5-4-8-16(17)13-23-21(28)26-30(29)24-18-11-10-15(12-19(18)25-30)20(27)14-6-2-1-3-7-14/h1-12H,13H2,(H4,23,24,25,26,28,29). The number of halogens is 1. The number of hydrogen-bond acceptors (Lipinski definition) is 3. The van der Waals surface area contributed by atoms with Crippen LogP contribution in [0.4, 0.5) is 16.2 Å². The molecule has 4 N–H and O–H groups in total. The minimum Gasteiger partial charge on any atom is -0.334 e. The third kappa shape index (κ3) is 4.32. The van der Waals surface area contributed by atoms with Gasteiger partial charge in [-0.2, -0.15) is 0 Å². The van der Waals surface area contributed by atoms with Gasteiger partial charge in [-0.05, 0) is 29.8 Å². The molecule has 0 saturated heterocycles. The third-order valence-electron chi connectivity index (χ3n) is 4.53. The second kappa shape index (κ2) is 8.22. The van der Waals surface area contributed by atoms with Gasteiger partial charge in [0.25, 0.3) is 0 Å². The summed E-state index contributed by atoms with van der Waals surface area (Å²) in [4.78, 5) is 24.9. The van der Waals surface area contributed by atoms with E-state index in [0.29, 0.717) is 27.5 Å². The molecule has 0 radical (unpaired) electrons. The second-order valence-corrected chi connectivity index (χ2v) is 8.97. The summed E-state index contributed by atoms with van der Waals surface area (Å²) in [7, 11) is -3.47. The fourth-order valence-corrected chi connectivity index (χ4v) is 4.85. The molecule has 7 nitrogen and oxygen atoms in total. The van der Waals surface area contributed by atoms with E-state index in [2.05, 4.69) is 20.6 Å². The summed E-state index contributed by atoms with van der Waals surface area (Å²) in [6.45, 7) is 0.189. The number of ketones is 1. The Morgan fingerprint density at radius 1 is 0.867 bits per heavy atom. The Hall–Kier alpha value is -3.28. The van der Waals surface area contributed by atoms with Gasteiger partial charge in [0, 0.05) is 22.7 Å². The van der Waals surface area contributed by atoms with Crippen LogP contribution < -0.4 is 20.6 Å². The van der Waals surface area contributed by atoms with E-state index < -0.39 is 13.6 Å². The molecule has 152 valence electrons. The van der Waals surface area contributed by atoms with Crippen molar-refractivity contribution in [3.05, 3.63) is 94.5 Å². The van der Waals surface area contributed by atoms with Crippen molar-refractivity contribution in [2.45, 2.75) is 6.54 Å². The number of urea groups is 1. The monoisotopic (exact) mass is 440 g/mol. The summed E-state index contributed by atoms with van der Waals surface area (Å²) in [5.41, 5.74) is 2.77. The second-order valence-electron chi connectivity index (χ2n) is 6.67. The number of hydrogen-bond donors (Lipinski definition) is 4. The van der Waals surface area contributed by atoms with E-state index in [1.54, 1.807) is 60.7 Å². The highest BCUT2D eigenvalue weighted by molar-refractivity contribution is 7.66. The van der Waals surface area contributed by atoms with Crippen molar-refractivity contribution in [2.24, 2.45) is 0 Å². The van der Waals surface area contributed by atoms with Crippen LogP contribution in [0.5, 0.6) is 0 Å². The molecule has 0 aromatic heterocycles. The largest absolute Gasteiger partial charge is 0.356 e. The predicted octanol–water partition coefficient (Wildman–Crippen LogP) is 5.02. The maximum atomic E-state index is 13.0. The van der Waals surface area contributed by atoms with Crippen molar-refractivity contribution in [1.82, 2.24) is 10.4 Å². The first kappa shape index (κ1) is 20.0. The Balaban J connectivity index is 1.42. The number of fused-ring (bicyclic) bond motifs is 1. The fraction of sp³-hybridized carbons (Fsp3) is 0.0476. The Kier molecular flexibility index (Phi) is 5.48. The molecule has 1 unspecified atom stereocenters. The van der Waals surface area contributed by atoms with Gasteiger partial charge in [0.1, 0.15) is 0 Å². The van der Waals surface area contributed by atoms with Crippen LogP contribution in [0.25, 0.3) is 0 Å². The van der Waals surface area contributed by atoms with Gasteiger partial charge in [-0.25, -0.2) is 4.79 Å². The lowest BCUT2D eigenvalue weighted by Crippen LogP contribution is -2.35. The number of rotatable bonds is 5. The maximum Gasteiger partial charge on any atom is 0.356 e. The van der Waals surface area contributed by atoms with Gasteiger partial charge in [0.15, 0.2) is 5.78 Å². The first-order chi connectivity index (χ1) is 14.4. The van der Waals surface area contributed by atoms with E-state index in [-0.39, 0.29) is 12.3 Å². The average molecular weight is 441 g/mol. The summed E-state index contributed by atoms with van der Waals surface area (Å²) in [6, 6.07) is 20.3. The number of carbonyl (C=O) groups is 2. The first-order valence-corrected chi connectivity index (χ1v) is 11.2. The molecule has 9 heteroatoms. The molecule has 1 aliphatic heterocycles. The van der Waals surface area contributed by atoms with Crippen molar-refractivity contribution >= 4 is 42.4 Å². The maximum absolute atomic E-state index is 13.0. The Bertz CT molecular complexity index is 1170. The van der Waals surface area contributed by atoms with Gasteiger partial charge >= 0.3 is 13.6 Å². The lowest BCUT2D eigenvalue weighted by molar-refractivity contribution is 0.103. The van der Waals surface area contributed by atoms with Crippen LogP contribution in [-0.4, -0.2) is 11.8 Å². The van der Waals surface area contributed by atoms with Gasteiger partial charge in [-0.15, -0.1) is 0 Å². The number of anilines is 2. The Labute approximate surface area is 178 Å². The highest BCUT2D eigenvalue weighted by Crippen LogP contribution is 2.51. The molecule has 0 bridgehead atoms. The number of amides is 2. The molecular formula is C21H18ClN4O3P. The van der Waals surface area contributed by atoms with Crippen molar-refractivity contribution in [3.63, 3.8) is 0 Å². The van der Waals surface area contributed by atoms with Gasteiger partial charge in [0.2, 0.25) is 0 Å². The molecule has 0 aliphatic carbocycles. The number of nitrogens with one attached hydrogen (secondary N) is 4. The van der Waals surface area contributed by atoms with Crippen LogP contribution in [0.2, 0.25) is 5.02 Å². The summed E-state index contributed by atoms with van der Waals surface area (Å²) >= 11 is 6.07. The summed E-state index contributed by atoms with van der Waals surface area (Å²) in [6.07, 6.45) is 0. The third-order valence-corrected chi connectivity index (χ3v) is 6.53. The summed E-state index contributed by atoms with van der Waals surface area (Å²) in [5, 5.41) is 11.2. The van der Waals surface area contributed by atoms with Crippen LogP contribution in [0.1, 0.15) is 21.5 Å².